The molecular weight excluding hydrogens is 182 g/mol. The van der Waals surface area contributed by atoms with Crippen molar-refractivity contribution < 1.29 is 0 Å². The molecular formula is C9H11N3S. The van der Waals surface area contributed by atoms with Gasteiger partial charge in [0.15, 0.2) is 0 Å². The van der Waals surface area contributed by atoms with Crippen molar-refractivity contribution >= 4 is 23.1 Å². The summed E-state index contributed by atoms with van der Waals surface area (Å²) < 4.78 is 0. The first kappa shape index (κ1) is 7.53. The number of benzene rings is 1. The summed E-state index contributed by atoms with van der Waals surface area (Å²) in [6, 6.07) is 6.12. The van der Waals surface area contributed by atoms with E-state index in [1.807, 2.05) is 23.9 Å². The quantitative estimate of drug-likeness (QED) is 0.605. The van der Waals surface area contributed by atoms with Gasteiger partial charge >= 0.3 is 0 Å². The highest BCUT2D eigenvalue weighted by Crippen LogP contribution is 2.46. The van der Waals surface area contributed by atoms with Gasteiger partial charge in [-0.2, -0.15) is 0 Å². The van der Waals surface area contributed by atoms with Gasteiger partial charge in [0.1, 0.15) is 5.50 Å². The number of hydrogen-bond donors (Lipinski definition) is 2. The van der Waals surface area contributed by atoms with E-state index in [2.05, 4.69) is 16.3 Å². The largest absolute Gasteiger partial charge is 0.397 e. The number of nitrogens with one attached hydrogen (secondary N) is 1. The van der Waals surface area contributed by atoms with E-state index in [-0.39, 0.29) is 0 Å². The fourth-order valence-electron chi connectivity index (χ4n) is 1.93. The van der Waals surface area contributed by atoms with Crippen molar-refractivity contribution in [3.63, 3.8) is 0 Å². The lowest BCUT2D eigenvalue weighted by molar-refractivity contribution is 0.810. The van der Waals surface area contributed by atoms with Gasteiger partial charge in [-0.05, 0) is 12.1 Å². The summed E-state index contributed by atoms with van der Waals surface area (Å²) in [4.78, 5) is 3.65. The lowest BCUT2D eigenvalue weighted by atomic mass is 10.2. The van der Waals surface area contributed by atoms with Crippen LogP contribution in [-0.2, 0) is 0 Å². The molecule has 2 aliphatic rings. The van der Waals surface area contributed by atoms with Crippen molar-refractivity contribution in [2.45, 2.75) is 10.4 Å². The summed E-state index contributed by atoms with van der Waals surface area (Å²) in [5, 5.41) is 3.43. The van der Waals surface area contributed by atoms with Crippen molar-refractivity contribution in [1.29, 1.82) is 0 Å². The lowest BCUT2D eigenvalue weighted by Gasteiger charge is -2.17. The predicted octanol–water partition coefficient (Wildman–Crippen LogP) is 1.07. The Balaban J connectivity index is 2.14. The van der Waals surface area contributed by atoms with Crippen LogP contribution in [0.25, 0.3) is 0 Å². The van der Waals surface area contributed by atoms with Gasteiger partial charge in [0.2, 0.25) is 0 Å². The van der Waals surface area contributed by atoms with Crippen molar-refractivity contribution in [1.82, 2.24) is 5.32 Å². The maximum atomic E-state index is 5.95. The maximum absolute atomic E-state index is 5.95. The Labute approximate surface area is 81.3 Å². The van der Waals surface area contributed by atoms with Crippen LogP contribution in [0.1, 0.15) is 0 Å². The number of fused-ring (bicyclic) bond motifs is 3. The standard InChI is InChI=1S/C9H11N3S/c10-6-2-1-3-7-8(6)12-5-4-11-9(12)13-7/h1-3,9,11H,4-5,10H2. The molecule has 0 aromatic heterocycles. The van der Waals surface area contributed by atoms with Gasteiger partial charge in [0.25, 0.3) is 0 Å². The fourth-order valence-corrected chi connectivity index (χ4v) is 3.22. The molecule has 3 nitrogen and oxygen atoms in total. The van der Waals surface area contributed by atoms with Crippen LogP contribution in [0.4, 0.5) is 11.4 Å². The predicted molar refractivity (Wildman–Crippen MR) is 55.8 cm³/mol. The number of hydrogen-bond acceptors (Lipinski definition) is 4. The Bertz CT molecular complexity index is 353. The van der Waals surface area contributed by atoms with E-state index >= 15 is 0 Å². The molecule has 13 heavy (non-hydrogen) atoms. The molecule has 1 fully saturated rings. The molecule has 2 heterocycles. The third-order valence-corrected chi connectivity index (χ3v) is 3.74. The topological polar surface area (TPSA) is 41.3 Å². The number of anilines is 2. The SMILES string of the molecule is Nc1cccc2c1N1CCNC1S2. The summed E-state index contributed by atoms with van der Waals surface area (Å²) in [6.45, 7) is 2.13. The summed E-state index contributed by atoms with van der Waals surface area (Å²) in [5.74, 6) is 0. The molecule has 0 bridgehead atoms. The van der Waals surface area contributed by atoms with Gasteiger partial charge < -0.3 is 10.6 Å². The number of nitrogens with two attached hydrogens (primary N) is 1. The highest BCUT2D eigenvalue weighted by molar-refractivity contribution is 8.00. The molecule has 3 rings (SSSR count). The number of nitrogen functional groups attached to an aromatic ring is 1. The molecule has 0 amide bonds. The molecule has 1 saturated heterocycles. The molecule has 0 spiro atoms. The van der Waals surface area contributed by atoms with E-state index < -0.39 is 0 Å². The smallest absolute Gasteiger partial charge is 0.133 e. The summed E-state index contributed by atoms with van der Waals surface area (Å²) in [5.41, 5.74) is 8.49. The number of thioether (sulfide) groups is 1. The van der Waals surface area contributed by atoms with Gasteiger partial charge in [-0.15, -0.1) is 0 Å². The van der Waals surface area contributed by atoms with Gasteiger partial charge in [-0.3, -0.25) is 5.32 Å². The minimum Gasteiger partial charge on any atom is -0.397 e. The zero-order valence-corrected chi connectivity index (χ0v) is 7.97. The van der Waals surface area contributed by atoms with E-state index in [1.165, 1.54) is 10.6 Å². The first-order valence-electron chi connectivity index (χ1n) is 4.41. The molecule has 3 N–H and O–H groups in total. The maximum Gasteiger partial charge on any atom is 0.133 e. The average molecular weight is 193 g/mol. The van der Waals surface area contributed by atoms with Crippen LogP contribution < -0.4 is 16.0 Å². The molecule has 1 aromatic carbocycles. The Hall–Kier alpha value is -0.870. The van der Waals surface area contributed by atoms with Crippen molar-refractivity contribution in [2.75, 3.05) is 23.7 Å². The Morgan fingerprint density at radius 3 is 3.38 bits per heavy atom. The van der Waals surface area contributed by atoms with Gasteiger partial charge in [-0.1, -0.05) is 17.8 Å². The van der Waals surface area contributed by atoms with Crippen molar-refractivity contribution in [3.05, 3.63) is 18.2 Å². The normalized spacial score (nSPS) is 24.6. The van der Waals surface area contributed by atoms with Crippen LogP contribution in [-0.4, -0.2) is 18.6 Å². The van der Waals surface area contributed by atoms with E-state index in [1.54, 1.807) is 0 Å². The molecule has 0 saturated carbocycles. The van der Waals surface area contributed by atoms with E-state index in [9.17, 15) is 0 Å². The molecule has 4 heteroatoms. The van der Waals surface area contributed by atoms with Crippen LogP contribution in [0.5, 0.6) is 0 Å². The minimum absolute atomic E-state index is 0.416. The van der Waals surface area contributed by atoms with Gasteiger partial charge in [0, 0.05) is 18.0 Å². The Kier molecular flexibility index (Phi) is 1.48. The zero-order valence-electron chi connectivity index (χ0n) is 7.16. The molecule has 2 aliphatic heterocycles. The van der Waals surface area contributed by atoms with Crippen LogP contribution in [0.15, 0.2) is 23.1 Å². The van der Waals surface area contributed by atoms with E-state index in [4.69, 9.17) is 5.73 Å². The number of rotatable bonds is 0. The zero-order chi connectivity index (χ0) is 8.84. The minimum atomic E-state index is 0.416. The first-order valence-corrected chi connectivity index (χ1v) is 5.29. The molecule has 1 atom stereocenters. The van der Waals surface area contributed by atoms with Crippen LogP contribution in [0.3, 0.4) is 0 Å². The highest BCUT2D eigenvalue weighted by Gasteiger charge is 2.34. The molecule has 1 unspecified atom stereocenters. The van der Waals surface area contributed by atoms with Gasteiger partial charge in [-0.25, -0.2) is 0 Å². The van der Waals surface area contributed by atoms with Crippen LogP contribution in [0, 0.1) is 0 Å². The monoisotopic (exact) mass is 193 g/mol. The Morgan fingerprint density at radius 1 is 1.54 bits per heavy atom. The van der Waals surface area contributed by atoms with Crippen molar-refractivity contribution in [2.24, 2.45) is 0 Å². The van der Waals surface area contributed by atoms with Crippen LogP contribution in [0.2, 0.25) is 0 Å². The Morgan fingerprint density at radius 2 is 2.46 bits per heavy atom. The molecule has 0 aliphatic carbocycles. The molecule has 68 valence electrons. The second-order valence-corrected chi connectivity index (χ2v) is 4.43. The van der Waals surface area contributed by atoms with Crippen LogP contribution >= 0.6 is 11.8 Å². The number of nitrogens with zero attached hydrogens (tertiary/aromatic N) is 1. The summed E-state index contributed by atoms with van der Waals surface area (Å²) >= 11 is 1.86. The third kappa shape index (κ3) is 0.957. The lowest BCUT2D eigenvalue weighted by Crippen LogP contribution is -2.28. The summed E-state index contributed by atoms with van der Waals surface area (Å²) in [7, 11) is 0. The number of para-hydroxylation sites is 1. The second kappa shape index (κ2) is 2.56. The molecule has 0 radical (unpaired) electrons. The van der Waals surface area contributed by atoms with Gasteiger partial charge in [0.05, 0.1) is 11.4 Å². The average Bonchev–Trinajstić information content (AvgIpc) is 2.62. The third-order valence-electron chi connectivity index (χ3n) is 2.51. The molecule has 1 aromatic rings. The van der Waals surface area contributed by atoms with E-state index in [0.717, 1.165) is 18.8 Å². The second-order valence-electron chi connectivity index (χ2n) is 3.31. The first-order chi connectivity index (χ1) is 6.36. The fraction of sp³-hybridized carbons (Fsp3) is 0.333. The van der Waals surface area contributed by atoms with Crippen molar-refractivity contribution in [3.8, 4) is 0 Å². The summed E-state index contributed by atoms with van der Waals surface area (Å²) in [6.07, 6.45) is 0. The highest BCUT2D eigenvalue weighted by atomic mass is 32.2. The van der Waals surface area contributed by atoms with E-state index in [0.29, 0.717) is 5.50 Å².